The molecule has 5 nitrogen and oxygen atoms in total. The van der Waals surface area contributed by atoms with Crippen LogP contribution in [0.15, 0.2) is 0 Å². The molecule has 3 unspecified atom stereocenters. The van der Waals surface area contributed by atoms with Crippen LogP contribution in [-0.2, 0) is 14.6 Å². The molecule has 0 aromatic rings. The van der Waals surface area contributed by atoms with Gasteiger partial charge in [-0.1, -0.05) is 0 Å². The highest BCUT2D eigenvalue weighted by Gasteiger charge is 2.41. The second-order valence-corrected chi connectivity index (χ2v) is 7.71. The van der Waals surface area contributed by atoms with Gasteiger partial charge < -0.3 is 10.6 Å². The molecule has 0 spiro atoms. The summed E-state index contributed by atoms with van der Waals surface area (Å²) in [6, 6.07) is 0.177. The van der Waals surface area contributed by atoms with Crippen LogP contribution in [0, 0.1) is 5.92 Å². The van der Waals surface area contributed by atoms with E-state index < -0.39 is 15.4 Å². The van der Waals surface area contributed by atoms with E-state index in [9.17, 15) is 13.2 Å². The molecule has 2 aliphatic rings. The highest BCUT2D eigenvalue weighted by Crippen LogP contribution is 2.24. The first-order valence-electron chi connectivity index (χ1n) is 6.07. The van der Waals surface area contributed by atoms with Gasteiger partial charge in [-0.05, 0) is 33.2 Å². The van der Waals surface area contributed by atoms with Crippen molar-refractivity contribution in [3.63, 3.8) is 0 Å². The van der Waals surface area contributed by atoms with Gasteiger partial charge in [-0.15, -0.1) is 0 Å². The first-order chi connectivity index (χ1) is 7.81. The number of sulfone groups is 1. The molecule has 2 aliphatic heterocycles. The molecular weight excluding hydrogens is 240 g/mol. The Morgan fingerprint density at radius 1 is 1.47 bits per heavy atom. The fourth-order valence-electron chi connectivity index (χ4n) is 2.72. The van der Waals surface area contributed by atoms with Crippen LogP contribution in [0.25, 0.3) is 0 Å². The summed E-state index contributed by atoms with van der Waals surface area (Å²) < 4.78 is 22.9. The molecule has 0 bridgehead atoms. The van der Waals surface area contributed by atoms with Crippen LogP contribution in [0.2, 0.25) is 0 Å². The van der Waals surface area contributed by atoms with Crippen molar-refractivity contribution in [2.75, 3.05) is 18.1 Å². The number of rotatable bonds is 2. The summed E-state index contributed by atoms with van der Waals surface area (Å²) in [5.41, 5.74) is -0.571. The van der Waals surface area contributed by atoms with E-state index in [1.165, 1.54) is 0 Å². The second kappa shape index (κ2) is 4.24. The molecule has 0 radical (unpaired) electrons. The van der Waals surface area contributed by atoms with Crippen LogP contribution in [-0.4, -0.2) is 44.0 Å². The molecule has 2 rings (SSSR count). The fraction of sp³-hybridized carbons (Fsp3) is 0.909. The maximum absolute atomic E-state index is 12.1. The van der Waals surface area contributed by atoms with Crippen molar-refractivity contribution in [2.24, 2.45) is 5.92 Å². The Kier molecular flexibility index (Phi) is 3.20. The summed E-state index contributed by atoms with van der Waals surface area (Å²) in [5.74, 6) is 0.208. The Hall–Kier alpha value is -0.620. The predicted octanol–water partition coefficient (Wildman–Crippen LogP) is -0.322. The number of nitrogens with one attached hydrogen (secondary N) is 2. The normalized spacial score (nSPS) is 40.4. The lowest BCUT2D eigenvalue weighted by molar-refractivity contribution is -0.126. The SMILES string of the molecule is CC1NCCC1C(=O)NC1(C)CCS(=O)(=O)C1. The minimum absolute atomic E-state index is 0.0119. The third-order valence-corrected chi connectivity index (χ3v) is 5.69. The van der Waals surface area contributed by atoms with Crippen molar-refractivity contribution >= 4 is 15.7 Å². The molecule has 2 fully saturated rings. The molecule has 1 amide bonds. The lowest BCUT2D eigenvalue weighted by atomic mass is 9.96. The Morgan fingerprint density at radius 3 is 2.65 bits per heavy atom. The van der Waals surface area contributed by atoms with Crippen LogP contribution in [0.4, 0.5) is 0 Å². The summed E-state index contributed by atoms with van der Waals surface area (Å²) in [6.07, 6.45) is 1.35. The standard InChI is InChI=1S/C11H20N2O3S/c1-8-9(3-5-12-8)10(14)13-11(2)4-6-17(15,16)7-11/h8-9,12H,3-7H2,1-2H3,(H,13,14). The van der Waals surface area contributed by atoms with Gasteiger partial charge in [-0.2, -0.15) is 0 Å². The maximum Gasteiger partial charge on any atom is 0.225 e. The Morgan fingerprint density at radius 2 is 2.18 bits per heavy atom. The molecule has 0 aliphatic carbocycles. The van der Waals surface area contributed by atoms with E-state index in [1.807, 2.05) is 13.8 Å². The van der Waals surface area contributed by atoms with E-state index >= 15 is 0 Å². The van der Waals surface area contributed by atoms with Gasteiger partial charge in [0.15, 0.2) is 9.84 Å². The molecule has 3 atom stereocenters. The van der Waals surface area contributed by atoms with Crippen molar-refractivity contribution in [1.29, 1.82) is 0 Å². The van der Waals surface area contributed by atoms with Gasteiger partial charge in [0.2, 0.25) is 5.91 Å². The molecule has 98 valence electrons. The van der Waals surface area contributed by atoms with Crippen LogP contribution in [0.5, 0.6) is 0 Å². The lowest BCUT2D eigenvalue weighted by Crippen LogP contribution is -2.50. The van der Waals surface area contributed by atoms with Crippen molar-refractivity contribution in [3.8, 4) is 0 Å². The summed E-state index contributed by atoms with van der Waals surface area (Å²) in [4.78, 5) is 12.1. The largest absolute Gasteiger partial charge is 0.350 e. The third-order valence-electron chi connectivity index (χ3n) is 3.79. The first kappa shape index (κ1) is 12.8. The van der Waals surface area contributed by atoms with E-state index in [0.717, 1.165) is 13.0 Å². The van der Waals surface area contributed by atoms with Gasteiger partial charge in [0.25, 0.3) is 0 Å². The van der Waals surface area contributed by atoms with Crippen molar-refractivity contribution in [1.82, 2.24) is 10.6 Å². The number of carbonyl (C=O) groups is 1. The number of amides is 1. The summed E-state index contributed by atoms with van der Waals surface area (Å²) in [5, 5.41) is 6.15. The molecule has 0 aromatic heterocycles. The lowest BCUT2D eigenvalue weighted by Gasteiger charge is -2.26. The highest BCUT2D eigenvalue weighted by atomic mass is 32.2. The topological polar surface area (TPSA) is 75.3 Å². The average molecular weight is 260 g/mol. The van der Waals surface area contributed by atoms with Crippen molar-refractivity contribution in [2.45, 2.75) is 38.3 Å². The van der Waals surface area contributed by atoms with Gasteiger partial charge in [-0.3, -0.25) is 4.79 Å². The molecule has 2 heterocycles. The Balaban J connectivity index is 1.99. The van der Waals surface area contributed by atoms with Crippen LogP contribution < -0.4 is 10.6 Å². The quantitative estimate of drug-likeness (QED) is 0.713. The summed E-state index contributed by atoms with van der Waals surface area (Å²) in [6.45, 7) is 4.67. The average Bonchev–Trinajstić information content (AvgIpc) is 2.70. The molecule has 0 saturated carbocycles. The number of carbonyl (C=O) groups excluding carboxylic acids is 1. The van der Waals surface area contributed by atoms with Crippen molar-refractivity contribution in [3.05, 3.63) is 0 Å². The van der Waals surface area contributed by atoms with Crippen molar-refractivity contribution < 1.29 is 13.2 Å². The minimum atomic E-state index is -2.97. The molecule has 2 N–H and O–H groups in total. The molecule has 6 heteroatoms. The zero-order valence-electron chi connectivity index (χ0n) is 10.3. The van der Waals surface area contributed by atoms with Crippen LogP contribution in [0.3, 0.4) is 0 Å². The van der Waals surface area contributed by atoms with Gasteiger partial charge >= 0.3 is 0 Å². The zero-order valence-corrected chi connectivity index (χ0v) is 11.1. The minimum Gasteiger partial charge on any atom is -0.350 e. The Bertz CT molecular complexity index is 420. The molecule has 0 aromatic carbocycles. The highest BCUT2D eigenvalue weighted by molar-refractivity contribution is 7.91. The number of hydrogen-bond acceptors (Lipinski definition) is 4. The third kappa shape index (κ3) is 2.80. The van der Waals surface area contributed by atoms with Gasteiger partial charge in [0, 0.05) is 6.04 Å². The Labute approximate surface area is 102 Å². The van der Waals surface area contributed by atoms with E-state index in [2.05, 4.69) is 10.6 Å². The van der Waals surface area contributed by atoms with Crippen LogP contribution in [0.1, 0.15) is 26.7 Å². The zero-order chi connectivity index (χ0) is 12.7. The molecule has 17 heavy (non-hydrogen) atoms. The first-order valence-corrected chi connectivity index (χ1v) is 7.89. The van der Waals surface area contributed by atoms with E-state index in [1.54, 1.807) is 0 Å². The van der Waals surface area contributed by atoms with Gasteiger partial charge in [0.1, 0.15) is 0 Å². The smallest absolute Gasteiger partial charge is 0.225 e. The molecule has 2 saturated heterocycles. The van der Waals surface area contributed by atoms with Gasteiger partial charge in [-0.25, -0.2) is 8.42 Å². The van der Waals surface area contributed by atoms with E-state index in [4.69, 9.17) is 0 Å². The summed E-state index contributed by atoms with van der Waals surface area (Å²) in [7, 11) is -2.97. The predicted molar refractivity (Wildman–Crippen MR) is 65.4 cm³/mol. The fourth-order valence-corrected chi connectivity index (χ4v) is 4.81. The van der Waals surface area contributed by atoms with E-state index in [-0.39, 0.29) is 29.4 Å². The van der Waals surface area contributed by atoms with Crippen LogP contribution >= 0.6 is 0 Å². The van der Waals surface area contributed by atoms with E-state index in [0.29, 0.717) is 6.42 Å². The maximum atomic E-state index is 12.1. The summed E-state index contributed by atoms with van der Waals surface area (Å²) >= 11 is 0. The molecular formula is C11H20N2O3S. The van der Waals surface area contributed by atoms with Gasteiger partial charge in [0.05, 0.1) is 23.0 Å². The second-order valence-electron chi connectivity index (χ2n) is 5.53. The number of hydrogen-bond donors (Lipinski definition) is 2. The monoisotopic (exact) mass is 260 g/mol.